The molecule has 0 saturated carbocycles. The maximum atomic E-state index is 11.8. The lowest BCUT2D eigenvalue weighted by Crippen LogP contribution is -2.03. The molecule has 3 rings (SSSR count). The van der Waals surface area contributed by atoms with Gasteiger partial charge in [0.15, 0.2) is 9.84 Å². The quantitative estimate of drug-likeness (QED) is 0.751. The largest absolute Gasteiger partial charge is 0.369 e. The van der Waals surface area contributed by atoms with Gasteiger partial charge in [-0.2, -0.15) is 0 Å². The lowest BCUT2D eigenvalue weighted by Gasteiger charge is -2.06. The predicted molar refractivity (Wildman–Crippen MR) is 88.4 cm³/mol. The molecule has 3 aromatic rings. The first kappa shape index (κ1) is 14.6. The van der Waals surface area contributed by atoms with Crippen molar-refractivity contribution in [1.82, 2.24) is 9.55 Å². The second-order valence-electron chi connectivity index (χ2n) is 4.64. The number of anilines is 1. The van der Waals surface area contributed by atoms with Crippen molar-refractivity contribution in [1.29, 1.82) is 0 Å². The monoisotopic (exact) mass is 385 g/mol. The van der Waals surface area contributed by atoms with Crippen molar-refractivity contribution < 1.29 is 8.42 Å². The summed E-state index contributed by atoms with van der Waals surface area (Å²) in [4.78, 5) is 5.55. The number of sulfone groups is 1. The normalized spacial score (nSPS) is 12.1. The summed E-state index contributed by atoms with van der Waals surface area (Å²) in [5, 5.41) is 1.98. The van der Waals surface area contributed by atoms with Crippen LogP contribution >= 0.6 is 27.3 Å². The third-order valence-corrected chi connectivity index (χ3v) is 6.20. The van der Waals surface area contributed by atoms with Gasteiger partial charge in [0, 0.05) is 15.6 Å². The highest BCUT2D eigenvalue weighted by Crippen LogP contribution is 2.29. The predicted octanol–water partition coefficient (Wildman–Crippen LogP) is 2.89. The molecule has 0 bridgehead atoms. The summed E-state index contributed by atoms with van der Waals surface area (Å²) in [6.07, 6.45) is 1.17. The Hall–Kier alpha value is -1.38. The number of benzene rings is 1. The van der Waals surface area contributed by atoms with E-state index in [4.69, 9.17) is 5.73 Å². The maximum Gasteiger partial charge on any atom is 0.201 e. The molecule has 2 aromatic heterocycles. The molecule has 0 fully saturated rings. The Labute approximate surface area is 134 Å². The van der Waals surface area contributed by atoms with Crippen molar-refractivity contribution in [2.45, 2.75) is 11.4 Å². The third kappa shape index (κ3) is 2.58. The molecular formula is C13H12BrN3O2S2. The molecule has 0 atom stereocenters. The van der Waals surface area contributed by atoms with Gasteiger partial charge in [-0.05, 0) is 39.5 Å². The van der Waals surface area contributed by atoms with Gasteiger partial charge < -0.3 is 10.3 Å². The molecule has 0 aliphatic rings. The molecule has 8 heteroatoms. The van der Waals surface area contributed by atoms with Crippen LogP contribution in [0.5, 0.6) is 0 Å². The van der Waals surface area contributed by atoms with Crippen molar-refractivity contribution >= 4 is 54.1 Å². The standard InChI is InChI=1S/C13H12BrN3O2S2/c1-21(18,19)11-4-2-3-9-12(11)16-13(15)17(9)7-10-8(14)5-6-20-10/h2-6H,7H2,1H3,(H2,15,16). The van der Waals surface area contributed by atoms with E-state index in [2.05, 4.69) is 20.9 Å². The number of nitrogens with two attached hydrogens (primary N) is 1. The minimum absolute atomic E-state index is 0.204. The van der Waals surface area contributed by atoms with Crippen LogP contribution in [0, 0.1) is 0 Å². The van der Waals surface area contributed by atoms with Crippen molar-refractivity contribution in [2.24, 2.45) is 0 Å². The first-order valence-corrected chi connectivity index (χ1v) is 9.61. The molecule has 0 spiro atoms. The van der Waals surface area contributed by atoms with Crippen LogP contribution in [-0.4, -0.2) is 24.2 Å². The van der Waals surface area contributed by atoms with Gasteiger partial charge in [-0.25, -0.2) is 13.4 Å². The van der Waals surface area contributed by atoms with E-state index in [-0.39, 0.29) is 4.90 Å². The zero-order valence-electron chi connectivity index (χ0n) is 11.1. The number of hydrogen-bond donors (Lipinski definition) is 1. The van der Waals surface area contributed by atoms with Gasteiger partial charge in [0.2, 0.25) is 5.95 Å². The van der Waals surface area contributed by atoms with Crippen LogP contribution in [0.1, 0.15) is 4.88 Å². The van der Waals surface area contributed by atoms with E-state index in [1.54, 1.807) is 23.5 Å². The van der Waals surface area contributed by atoms with Crippen LogP contribution in [0.25, 0.3) is 11.0 Å². The van der Waals surface area contributed by atoms with Gasteiger partial charge in [0.1, 0.15) is 5.52 Å². The number of nitrogen functional groups attached to an aromatic ring is 1. The molecule has 21 heavy (non-hydrogen) atoms. The Bertz CT molecular complexity index is 928. The van der Waals surface area contributed by atoms with Gasteiger partial charge in [0.25, 0.3) is 0 Å². The molecule has 5 nitrogen and oxygen atoms in total. The molecule has 0 saturated heterocycles. The highest BCUT2D eigenvalue weighted by molar-refractivity contribution is 9.10. The number of imidazole rings is 1. The SMILES string of the molecule is CS(=O)(=O)c1cccc2c1nc(N)n2Cc1sccc1Br. The number of halogens is 1. The average molecular weight is 386 g/mol. The number of thiophene rings is 1. The maximum absolute atomic E-state index is 11.8. The summed E-state index contributed by atoms with van der Waals surface area (Å²) in [6.45, 7) is 0.549. The van der Waals surface area contributed by atoms with Gasteiger partial charge >= 0.3 is 0 Å². The van der Waals surface area contributed by atoms with E-state index in [0.29, 0.717) is 18.0 Å². The average Bonchev–Trinajstić information content (AvgIpc) is 2.93. The molecule has 0 amide bonds. The van der Waals surface area contributed by atoms with E-state index < -0.39 is 9.84 Å². The summed E-state index contributed by atoms with van der Waals surface area (Å²) in [6, 6.07) is 7.06. The fourth-order valence-electron chi connectivity index (χ4n) is 2.19. The summed E-state index contributed by atoms with van der Waals surface area (Å²) in [5.41, 5.74) is 7.12. The molecule has 0 radical (unpaired) electrons. The number of rotatable bonds is 3. The number of para-hydroxylation sites is 1. The third-order valence-electron chi connectivity index (χ3n) is 3.16. The number of fused-ring (bicyclic) bond motifs is 1. The van der Waals surface area contributed by atoms with Crippen molar-refractivity contribution in [3.05, 3.63) is 39.0 Å². The topological polar surface area (TPSA) is 78.0 Å². The Morgan fingerprint density at radius 2 is 2.14 bits per heavy atom. The number of aromatic nitrogens is 2. The van der Waals surface area contributed by atoms with E-state index in [1.807, 2.05) is 22.1 Å². The van der Waals surface area contributed by atoms with Crippen molar-refractivity contribution in [3.8, 4) is 0 Å². The minimum Gasteiger partial charge on any atom is -0.369 e. The molecular weight excluding hydrogens is 374 g/mol. The van der Waals surface area contributed by atoms with Gasteiger partial charge in [-0.1, -0.05) is 6.07 Å². The molecule has 110 valence electrons. The first-order valence-electron chi connectivity index (χ1n) is 6.04. The lowest BCUT2D eigenvalue weighted by atomic mass is 10.3. The van der Waals surface area contributed by atoms with Crippen LogP contribution in [0.4, 0.5) is 5.95 Å². The van der Waals surface area contributed by atoms with Gasteiger partial charge in [-0.15, -0.1) is 11.3 Å². The molecule has 1 aromatic carbocycles. The van der Waals surface area contributed by atoms with Crippen LogP contribution in [0.3, 0.4) is 0 Å². The Balaban J connectivity index is 2.21. The summed E-state index contributed by atoms with van der Waals surface area (Å²) >= 11 is 5.09. The van der Waals surface area contributed by atoms with Crippen molar-refractivity contribution in [3.63, 3.8) is 0 Å². The van der Waals surface area contributed by atoms with E-state index in [1.165, 1.54) is 6.26 Å². The summed E-state index contributed by atoms with van der Waals surface area (Å²) < 4.78 is 26.5. The van der Waals surface area contributed by atoms with Gasteiger partial charge in [0.05, 0.1) is 17.0 Å². The van der Waals surface area contributed by atoms with Gasteiger partial charge in [-0.3, -0.25) is 0 Å². The molecule has 0 aliphatic heterocycles. The second kappa shape index (κ2) is 5.11. The molecule has 2 N–H and O–H groups in total. The van der Waals surface area contributed by atoms with Crippen LogP contribution < -0.4 is 5.73 Å². The van der Waals surface area contributed by atoms with E-state index in [9.17, 15) is 8.42 Å². The lowest BCUT2D eigenvalue weighted by molar-refractivity contribution is 0.602. The Morgan fingerprint density at radius 1 is 1.38 bits per heavy atom. The second-order valence-corrected chi connectivity index (χ2v) is 8.48. The first-order chi connectivity index (χ1) is 9.88. The van der Waals surface area contributed by atoms with E-state index in [0.717, 1.165) is 14.9 Å². The molecule has 0 aliphatic carbocycles. The van der Waals surface area contributed by atoms with Crippen molar-refractivity contribution in [2.75, 3.05) is 12.0 Å². The molecule has 2 heterocycles. The highest BCUT2D eigenvalue weighted by Gasteiger charge is 2.18. The number of nitrogens with zero attached hydrogens (tertiary/aromatic N) is 2. The zero-order chi connectivity index (χ0) is 15.2. The summed E-state index contributed by atoms with van der Waals surface area (Å²) in [7, 11) is -3.34. The van der Waals surface area contributed by atoms with Crippen LogP contribution in [0.15, 0.2) is 39.0 Å². The zero-order valence-corrected chi connectivity index (χ0v) is 14.3. The van der Waals surface area contributed by atoms with Crippen LogP contribution in [-0.2, 0) is 16.4 Å². The summed E-state index contributed by atoms with van der Waals surface area (Å²) in [5.74, 6) is 0.307. The number of hydrogen-bond acceptors (Lipinski definition) is 5. The van der Waals surface area contributed by atoms with Crippen LogP contribution in [0.2, 0.25) is 0 Å². The van der Waals surface area contributed by atoms with E-state index >= 15 is 0 Å². The highest BCUT2D eigenvalue weighted by atomic mass is 79.9. The Kier molecular flexibility index (Phi) is 3.54. The minimum atomic E-state index is -3.34. The fourth-order valence-corrected chi connectivity index (χ4v) is 4.48. The Morgan fingerprint density at radius 3 is 2.76 bits per heavy atom. The fraction of sp³-hybridized carbons (Fsp3) is 0.154. The smallest absolute Gasteiger partial charge is 0.201 e. The molecule has 0 unspecified atom stereocenters.